The molecule has 0 saturated carbocycles. The highest BCUT2D eigenvalue weighted by Crippen LogP contribution is 2.40. The van der Waals surface area contributed by atoms with Crippen LogP contribution in [-0.4, -0.2) is 23.2 Å². The van der Waals surface area contributed by atoms with Crippen LogP contribution < -0.4 is 5.32 Å². The van der Waals surface area contributed by atoms with E-state index in [4.69, 9.17) is 0 Å². The molecule has 0 spiro atoms. The number of aryl methyl sites for hydroxylation is 2. The highest BCUT2D eigenvalue weighted by atomic mass is 32.2. The molecule has 3 nitrogen and oxygen atoms in total. The van der Waals surface area contributed by atoms with Crippen LogP contribution in [0, 0.1) is 13.8 Å². The van der Waals surface area contributed by atoms with Gasteiger partial charge >= 0.3 is 6.03 Å². The first-order valence-electron chi connectivity index (χ1n) is 6.95. The number of hydrogen-bond acceptors (Lipinski definition) is 3. The maximum absolute atomic E-state index is 12.6. The van der Waals surface area contributed by atoms with Crippen LogP contribution in [0.4, 0.5) is 10.5 Å². The summed E-state index contributed by atoms with van der Waals surface area (Å²) in [6.45, 7) is 4.85. The lowest BCUT2D eigenvalue weighted by Crippen LogP contribution is -2.34. The Labute approximate surface area is 133 Å². The lowest BCUT2D eigenvalue weighted by molar-refractivity contribution is 0.214. The average molecular weight is 318 g/mol. The summed E-state index contributed by atoms with van der Waals surface area (Å²) in [5, 5.41) is 5.30. The Morgan fingerprint density at radius 1 is 1.24 bits per heavy atom. The van der Waals surface area contributed by atoms with Gasteiger partial charge in [0.05, 0.1) is 0 Å². The summed E-state index contributed by atoms with van der Waals surface area (Å²) in [5.74, 6) is 0.989. The first-order valence-corrected chi connectivity index (χ1v) is 8.88. The first-order chi connectivity index (χ1) is 10.2. The van der Waals surface area contributed by atoms with Gasteiger partial charge in [-0.25, -0.2) is 4.79 Å². The monoisotopic (exact) mass is 318 g/mol. The number of rotatable bonds is 2. The van der Waals surface area contributed by atoms with Crippen molar-refractivity contribution in [1.82, 2.24) is 4.90 Å². The summed E-state index contributed by atoms with van der Waals surface area (Å²) in [4.78, 5) is 15.8. The molecule has 0 aliphatic carbocycles. The molecule has 0 radical (unpaired) electrons. The van der Waals surface area contributed by atoms with Crippen molar-refractivity contribution in [1.29, 1.82) is 0 Å². The quantitative estimate of drug-likeness (QED) is 0.874. The zero-order chi connectivity index (χ0) is 14.8. The van der Waals surface area contributed by atoms with E-state index in [9.17, 15) is 4.79 Å². The summed E-state index contributed by atoms with van der Waals surface area (Å²) in [6.07, 6.45) is 0. The Morgan fingerprint density at radius 2 is 2.00 bits per heavy atom. The van der Waals surface area contributed by atoms with Gasteiger partial charge in [-0.05, 0) is 36.4 Å². The summed E-state index contributed by atoms with van der Waals surface area (Å²) in [6, 6.07) is 10.2. The van der Waals surface area contributed by atoms with Gasteiger partial charge in [0.15, 0.2) is 0 Å². The average Bonchev–Trinajstić information content (AvgIpc) is 3.12. The Hall–Kier alpha value is -1.46. The summed E-state index contributed by atoms with van der Waals surface area (Å²) < 4.78 is 0. The van der Waals surface area contributed by atoms with E-state index in [0.29, 0.717) is 0 Å². The fourth-order valence-electron chi connectivity index (χ4n) is 2.54. The molecule has 2 aromatic rings. The fourth-order valence-corrected chi connectivity index (χ4v) is 4.77. The van der Waals surface area contributed by atoms with E-state index < -0.39 is 0 Å². The molecular formula is C16H18N2OS2. The van der Waals surface area contributed by atoms with Crippen LogP contribution in [0.5, 0.6) is 0 Å². The molecule has 2 amide bonds. The van der Waals surface area contributed by atoms with E-state index in [2.05, 4.69) is 16.8 Å². The van der Waals surface area contributed by atoms with Gasteiger partial charge in [-0.1, -0.05) is 24.3 Å². The molecule has 1 saturated heterocycles. The summed E-state index contributed by atoms with van der Waals surface area (Å²) in [7, 11) is 0. The molecule has 2 heterocycles. The molecular weight excluding hydrogens is 300 g/mol. The normalized spacial score (nSPS) is 18.0. The minimum atomic E-state index is -0.00389. The molecule has 1 aromatic carbocycles. The number of thiophene rings is 1. The number of hydrogen-bond donors (Lipinski definition) is 1. The topological polar surface area (TPSA) is 32.3 Å². The van der Waals surface area contributed by atoms with E-state index in [1.54, 1.807) is 11.3 Å². The summed E-state index contributed by atoms with van der Waals surface area (Å²) in [5.41, 5.74) is 3.13. The van der Waals surface area contributed by atoms with Crippen molar-refractivity contribution in [2.75, 3.05) is 17.6 Å². The molecule has 1 fully saturated rings. The van der Waals surface area contributed by atoms with E-state index in [-0.39, 0.29) is 11.4 Å². The maximum atomic E-state index is 12.6. The van der Waals surface area contributed by atoms with E-state index >= 15 is 0 Å². The van der Waals surface area contributed by atoms with Gasteiger partial charge in [0.1, 0.15) is 5.37 Å². The van der Waals surface area contributed by atoms with Gasteiger partial charge < -0.3 is 10.2 Å². The predicted octanol–water partition coefficient (Wildman–Crippen LogP) is 4.64. The highest BCUT2D eigenvalue weighted by molar-refractivity contribution is 7.99. The Kier molecular flexibility index (Phi) is 4.22. The molecule has 1 aliphatic rings. The van der Waals surface area contributed by atoms with Gasteiger partial charge in [0, 0.05) is 22.9 Å². The zero-order valence-electron chi connectivity index (χ0n) is 12.1. The zero-order valence-corrected chi connectivity index (χ0v) is 13.8. The van der Waals surface area contributed by atoms with Gasteiger partial charge in [0.2, 0.25) is 0 Å². The van der Waals surface area contributed by atoms with Crippen LogP contribution >= 0.6 is 23.1 Å². The summed E-state index contributed by atoms with van der Waals surface area (Å²) >= 11 is 3.54. The molecule has 5 heteroatoms. The van der Waals surface area contributed by atoms with Crippen molar-refractivity contribution in [3.63, 3.8) is 0 Å². The first kappa shape index (κ1) is 14.5. The molecule has 3 rings (SSSR count). The van der Waals surface area contributed by atoms with Crippen LogP contribution in [0.3, 0.4) is 0 Å². The number of urea groups is 1. The SMILES string of the molecule is Cc1cccc(C)c1NC(=O)N1CCS[C@@H]1c1cccs1. The minimum Gasteiger partial charge on any atom is -0.307 e. The van der Waals surface area contributed by atoms with Crippen molar-refractivity contribution in [3.05, 3.63) is 51.7 Å². The second kappa shape index (κ2) is 6.12. The largest absolute Gasteiger partial charge is 0.323 e. The Balaban J connectivity index is 1.79. The van der Waals surface area contributed by atoms with E-state index in [0.717, 1.165) is 29.1 Å². The predicted molar refractivity (Wildman–Crippen MR) is 91.2 cm³/mol. The number of anilines is 1. The number of thioether (sulfide) groups is 1. The number of nitrogens with one attached hydrogen (secondary N) is 1. The molecule has 0 unspecified atom stereocenters. The van der Waals surface area contributed by atoms with Gasteiger partial charge in [-0.2, -0.15) is 0 Å². The number of nitrogens with zero attached hydrogens (tertiary/aromatic N) is 1. The number of amides is 2. The number of benzene rings is 1. The Morgan fingerprint density at radius 3 is 2.67 bits per heavy atom. The Bertz CT molecular complexity index is 619. The van der Waals surface area contributed by atoms with Crippen molar-refractivity contribution in [2.45, 2.75) is 19.2 Å². The van der Waals surface area contributed by atoms with E-state index in [1.807, 2.05) is 54.8 Å². The smallest absolute Gasteiger partial charge is 0.307 e. The second-order valence-corrected chi connectivity index (χ2v) is 7.30. The third-order valence-corrected chi connectivity index (χ3v) is 5.97. The van der Waals surface area contributed by atoms with Gasteiger partial charge in [0.25, 0.3) is 0 Å². The van der Waals surface area contributed by atoms with Crippen molar-refractivity contribution < 1.29 is 4.79 Å². The van der Waals surface area contributed by atoms with Crippen LogP contribution in [0.2, 0.25) is 0 Å². The van der Waals surface area contributed by atoms with Crippen molar-refractivity contribution in [3.8, 4) is 0 Å². The van der Waals surface area contributed by atoms with Crippen LogP contribution in [0.1, 0.15) is 21.4 Å². The molecule has 0 bridgehead atoms. The molecule has 1 aromatic heterocycles. The maximum Gasteiger partial charge on any atom is 0.323 e. The third kappa shape index (κ3) is 2.94. The standard InChI is InChI=1S/C16H18N2OS2/c1-11-5-3-6-12(2)14(11)17-16(19)18-8-10-21-15(18)13-7-4-9-20-13/h3-7,9,15H,8,10H2,1-2H3,(H,17,19)/t15-/m1/s1. The van der Waals surface area contributed by atoms with Gasteiger partial charge in [-0.15, -0.1) is 23.1 Å². The second-order valence-electron chi connectivity index (χ2n) is 5.13. The number of carbonyl (C=O) groups is 1. The van der Waals surface area contributed by atoms with Gasteiger partial charge in [-0.3, -0.25) is 0 Å². The van der Waals surface area contributed by atoms with Crippen LogP contribution in [-0.2, 0) is 0 Å². The highest BCUT2D eigenvalue weighted by Gasteiger charge is 2.31. The molecule has 1 aliphatic heterocycles. The van der Waals surface area contributed by atoms with E-state index in [1.165, 1.54) is 4.88 Å². The lowest BCUT2D eigenvalue weighted by Gasteiger charge is -2.24. The molecule has 21 heavy (non-hydrogen) atoms. The van der Waals surface area contributed by atoms with Crippen molar-refractivity contribution in [2.24, 2.45) is 0 Å². The van der Waals surface area contributed by atoms with Crippen LogP contribution in [0.25, 0.3) is 0 Å². The van der Waals surface area contributed by atoms with Crippen molar-refractivity contribution >= 4 is 34.8 Å². The molecule has 1 N–H and O–H groups in total. The van der Waals surface area contributed by atoms with Crippen LogP contribution in [0.15, 0.2) is 35.7 Å². The lowest BCUT2D eigenvalue weighted by atomic mass is 10.1. The molecule has 1 atom stereocenters. The fraction of sp³-hybridized carbons (Fsp3) is 0.312. The number of carbonyl (C=O) groups excluding carboxylic acids is 1. The number of para-hydroxylation sites is 1. The minimum absolute atomic E-state index is 0.00389. The third-order valence-electron chi connectivity index (χ3n) is 3.65. The molecule has 110 valence electrons.